The molecule has 15 heavy (non-hydrogen) atoms. The number of carbonyl (C=O) groups is 1. The van der Waals surface area contributed by atoms with Crippen molar-refractivity contribution in [3.05, 3.63) is 28.8 Å². The minimum Gasteiger partial charge on any atom is -0.496 e. The first-order valence-electron chi connectivity index (χ1n) is 4.97. The average Bonchev–Trinajstić information content (AvgIpc) is 2.27. The fourth-order valence-electron chi connectivity index (χ4n) is 1.32. The van der Waals surface area contributed by atoms with E-state index in [1.54, 1.807) is 25.3 Å². The molecule has 1 aromatic rings. The second-order valence-electron chi connectivity index (χ2n) is 3.52. The van der Waals surface area contributed by atoms with E-state index in [1.807, 2.05) is 13.8 Å². The van der Waals surface area contributed by atoms with Crippen LogP contribution < -0.4 is 4.74 Å². The van der Waals surface area contributed by atoms with Crippen molar-refractivity contribution in [1.82, 2.24) is 0 Å². The fraction of sp³-hybridized carbons (Fsp3) is 0.417. The first-order chi connectivity index (χ1) is 7.10. The van der Waals surface area contributed by atoms with Crippen molar-refractivity contribution in [1.29, 1.82) is 0 Å². The van der Waals surface area contributed by atoms with Gasteiger partial charge in [0, 0.05) is 10.9 Å². The summed E-state index contributed by atoms with van der Waals surface area (Å²) in [4.78, 5) is 12.0. The predicted molar refractivity (Wildman–Crippen MR) is 61.8 cm³/mol. The lowest BCUT2D eigenvalue weighted by molar-refractivity contribution is 0.0924. The largest absolute Gasteiger partial charge is 0.496 e. The number of carbonyl (C=O) groups excluding carboxylic acids is 1. The van der Waals surface area contributed by atoms with E-state index in [2.05, 4.69) is 0 Å². The molecule has 2 nitrogen and oxygen atoms in total. The monoisotopic (exact) mass is 226 g/mol. The van der Waals surface area contributed by atoms with E-state index < -0.39 is 0 Å². The summed E-state index contributed by atoms with van der Waals surface area (Å²) >= 11 is 5.86. The smallest absolute Gasteiger partial charge is 0.169 e. The van der Waals surface area contributed by atoms with Crippen LogP contribution in [0.25, 0.3) is 0 Å². The topological polar surface area (TPSA) is 26.3 Å². The van der Waals surface area contributed by atoms with E-state index in [1.165, 1.54) is 0 Å². The molecule has 0 N–H and O–H groups in total. The van der Waals surface area contributed by atoms with Crippen LogP contribution in [0.5, 0.6) is 5.75 Å². The van der Waals surface area contributed by atoms with Crippen LogP contribution in [0.15, 0.2) is 18.2 Å². The highest BCUT2D eigenvalue weighted by Gasteiger charge is 2.17. The van der Waals surface area contributed by atoms with E-state index in [-0.39, 0.29) is 11.7 Å². The Morgan fingerprint density at radius 1 is 1.53 bits per heavy atom. The summed E-state index contributed by atoms with van der Waals surface area (Å²) < 4.78 is 5.14. The number of ketones is 1. The maximum atomic E-state index is 12.0. The normalized spacial score (nSPS) is 12.3. The van der Waals surface area contributed by atoms with Gasteiger partial charge in [-0.1, -0.05) is 25.4 Å². The number of hydrogen-bond acceptors (Lipinski definition) is 2. The standard InChI is InChI=1S/C12H15ClO2/c1-4-8(2)12(14)10-7-9(13)5-6-11(10)15-3/h5-8H,4H2,1-3H3. The quantitative estimate of drug-likeness (QED) is 0.734. The maximum Gasteiger partial charge on any atom is 0.169 e. The van der Waals surface area contributed by atoms with Crippen molar-refractivity contribution < 1.29 is 9.53 Å². The molecule has 0 radical (unpaired) electrons. The zero-order valence-corrected chi connectivity index (χ0v) is 9.97. The second kappa shape index (κ2) is 5.17. The van der Waals surface area contributed by atoms with Crippen LogP contribution in [0.4, 0.5) is 0 Å². The van der Waals surface area contributed by atoms with E-state index in [0.717, 1.165) is 6.42 Å². The van der Waals surface area contributed by atoms with Crippen LogP contribution in [0.2, 0.25) is 5.02 Å². The van der Waals surface area contributed by atoms with Gasteiger partial charge in [0.1, 0.15) is 5.75 Å². The molecule has 0 aliphatic rings. The van der Waals surface area contributed by atoms with Crippen molar-refractivity contribution in [3.63, 3.8) is 0 Å². The van der Waals surface area contributed by atoms with Crippen LogP contribution in [0.3, 0.4) is 0 Å². The molecule has 0 bridgehead atoms. The number of Topliss-reactive ketones (excluding diaryl/α,β-unsaturated/α-hetero) is 1. The molecule has 0 aromatic heterocycles. The summed E-state index contributed by atoms with van der Waals surface area (Å²) in [6, 6.07) is 5.10. The van der Waals surface area contributed by atoms with Gasteiger partial charge in [-0.2, -0.15) is 0 Å². The Morgan fingerprint density at radius 2 is 2.20 bits per heavy atom. The molecule has 0 saturated heterocycles. The summed E-state index contributed by atoms with van der Waals surface area (Å²) in [5.41, 5.74) is 0.569. The molecule has 0 amide bonds. The highest BCUT2D eigenvalue weighted by atomic mass is 35.5. The fourth-order valence-corrected chi connectivity index (χ4v) is 1.50. The first-order valence-corrected chi connectivity index (χ1v) is 5.35. The van der Waals surface area contributed by atoms with Crippen molar-refractivity contribution in [2.75, 3.05) is 7.11 Å². The third-order valence-corrected chi connectivity index (χ3v) is 2.72. The van der Waals surface area contributed by atoms with Crippen LogP contribution in [-0.4, -0.2) is 12.9 Å². The van der Waals surface area contributed by atoms with E-state index in [4.69, 9.17) is 16.3 Å². The molecule has 1 rings (SSSR count). The molecule has 82 valence electrons. The van der Waals surface area contributed by atoms with Gasteiger partial charge in [-0.25, -0.2) is 0 Å². The number of rotatable bonds is 4. The highest BCUT2D eigenvalue weighted by molar-refractivity contribution is 6.31. The minimum atomic E-state index is -0.00244. The van der Waals surface area contributed by atoms with Gasteiger partial charge < -0.3 is 4.74 Å². The van der Waals surface area contributed by atoms with Gasteiger partial charge in [-0.15, -0.1) is 0 Å². The maximum absolute atomic E-state index is 12.0. The van der Waals surface area contributed by atoms with Gasteiger partial charge in [0.25, 0.3) is 0 Å². The lowest BCUT2D eigenvalue weighted by Gasteiger charge is -2.11. The molecule has 1 atom stereocenters. The van der Waals surface area contributed by atoms with Gasteiger partial charge in [0.2, 0.25) is 0 Å². The summed E-state index contributed by atoms with van der Waals surface area (Å²) in [6.07, 6.45) is 0.814. The van der Waals surface area contributed by atoms with Crippen molar-refractivity contribution in [2.45, 2.75) is 20.3 Å². The molecule has 0 aliphatic carbocycles. The number of halogens is 1. The van der Waals surface area contributed by atoms with Crippen molar-refractivity contribution >= 4 is 17.4 Å². The summed E-state index contributed by atoms with van der Waals surface area (Å²) in [5, 5.41) is 0.558. The van der Waals surface area contributed by atoms with Crippen LogP contribution in [0.1, 0.15) is 30.6 Å². The number of hydrogen-bond donors (Lipinski definition) is 0. The Bertz CT molecular complexity index is 361. The Balaban J connectivity index is 3.11. The van der Waals surface area contributed by atoms with Crippen LogP contribution in [0, 0.1) is 5.92 Å². The van der Waals surface area contributed by atoms with Gasteiger partial charge in [-0.05, 0) is 24.6 Å². The molecule has 1 unspecified atom stereocenters. The van der Waals surface area contributed by atoms with E-state index in [9.17, 15) is 4.79 Å². The highest BCUT2D eigenvalue weighted by Crippen LogP contribution is 2.25. The van der Waals surface area contributed by atoms with Crippen LogP contribution >= 0.6 is 11.6 Å². The Morgan fingerprint density at radius 3 is 2.73 bits per heavy atom. The Labute approximate surface area is 95.2 Å². The molecule has 0 saturated carbocycles. The average molecular weight is 227 g/mol. The van der Waals surface area contributed by atoms with Crippen molar-refractivity contribution in [2.24, 2.45) is 5.92 Å². The van der Waals surface area contributed by atoms with Crippen LogP contribution in [-0.2, 0) is 0 Å². The third-order valence-electron chi connectivity index (χ3n) is 2.49. The molecular formula is C12H15ClO2. The zero-order chi connectivity index (χ0) is 11.4. The Hall–Kier alpha value is -1.02. The van der Waals surface area contributed by atoms with E-state index in [0.29, 0.717) is 16.3 Å². The van der Waals surface area contributed by atoms with E-state index >= 15 is 0 Å². The molecule has 0 aliphatic heterocycles. The third kappa shape index (κ3) is 2.72. The molecule has 0 spiro atoms. The summed E-state index contributed by atoms with van der Waals surface area (Å²) in [6.45, 7) is 3.89. The molecule has 0 fully saturated rings. The zero-order valence-electron chi connectivity index (χ0n) is 9.21. The molecular weight excluding hydrogens is 212 g/mol. The predicted octanol–water partition coefficient (Wildman–Crippen LogP) is 3.58. The Kier molecular flexibility index (Phi) is 4.15. The minimum absolute atomic E-state index is 0.00244. The summed E-state index contributed by atoms with van der Waals surface area (Å²) in [5.74, 6) is 0.666. The van der Waals surface area contributed by atoms with Crippen molar-refractivity contribution in [3.8, 4) is 5.75 Å². The number of methoxy groups -OCH3 is 1. The molecule has 3 heteroatoms. The van der Waals surface area contributed by atoms with Gasteiger partial charge >= 0.3 is 0 Å². The van der Waals surface area contributed by atoms with Gasteiger partial charge in [-0.3, -0.25) is 4.79 Å². The van der Waals surface area contributed by atoms with Gasteiger partial charge in [0.05, 0.1) is 12.7 Å². The SMILES string of the molecule is CCC(C)C(=O)c1cc(Cl)ccc1OC. The molecule has 1 aromatic carbocycles. The number of benzene rings is 1. The second-order valence-corrected chi connectivity index (χ2v) is 3.95. The first kappa shape index (κ1) is 12.1. The lowest BCUT2D eigenvalue weighted by atomic mass is 9.96. The van der Waals surface area contributed by atoms with Gasteiger partial charge in [0.15, 0.2) is 5.78 Å². The summed E-state index contributed by atoms with van der Waals surface area (Å²) in [7, 11) is 1.55. The lowest BCUT2D eigenvalue weighted by Crippen LogP contribution is -2.11. The number of ether oxygens (including phenoxy) is 1. The molecule has 0 heterocycles.